The number of hydrogen-bond acceptors (Lipinski definition) is 4. The Morgan fingerprint density at radius 3 is 2.72 bits per heavy atom. The summed E-state index contributed by atoms with van der Waals surface area (Å²) in [5.41, 5.74) is 1.22. The van der Waals surface area contributed by atoms with Crippen molar-refractivity contribution in [2.45, 2.75) is 6.54 Å². The van der Waals surface area contributed by atoms with Crippen LogP contribution in [-0.2, 0) is 6.54 Å². The van der Waals surface area contributed by atoms with Crippen LogP contribution in [0.1, 0.15) is 5.56 Å². The molecule has 0 unspecified atom stereocenters. The molecule has 0 aliphatic rings. The average Bonchev–Trinajstić information content (AvgIpc) is 2.38. The summed E-state index contributed by atoms with van der Waals surface area (Å²) in [5.74, 6) is -0.564. The van der Waals surface area contributed by atoms with Gasteiger partial charge in [0.05, 0.1) is 16.8 Å². The monoisotopic (exact) mass is 247 g/mol. The van der Waals surface area contributed by atoms with E-state index in [1.807, 2.05) is 0 Å². The van der Waals surface area contributed by atoms with Crippen LogP contribution >= 0.6 is 0 Å². The number of para-hydroxylation sites is 1. The van der Waals surface area contributed by atoms with Crippen LogP contribution in [0.3, 0.4) is 0 Å². The number of pyridine rings is 1. The zero-order chi connectivity index (χ0) is 13.0. The number of rotatable bonds is 4. The quantitative estimate of drug-likeness (QED) is 0.512. The maximum atomic E-state index is 12.6. The molecular formula is C12H10FN3O2. The molecule has 1 N–H and O–H groups in total. The van der Waals surface area contributed by atoms with Crippen molar-refractivity contribution in [3.05, 3.63) is 64.2 Å². The van der Waals surface area contributed by atoms with Gasteiger partial charge in [0.25, 0.3) is 5.69 Å². The molecule has 2 aromatic rings. The van der Waals surface area contributed by atoms with Crippen molar-refractivity contribution >= 4 is 11.4 Å². The number of nitrogens with zero attached hydrogens (tertiary/aromatic N) is 2. The minimum absolute atomic E-state index is 0.0556. The molecule has 0 aliphatic heterocycles. The molecule has 6 heteroatoms. The molecule has 1 aromatic carbocycles. The number of nitro benzene ring substituents is 1. The molecule has 0 bridgehead atoms. The zero-order valence-corrected chi connectivity index (χ0v) is 9.34. The molecular weight excluding hydrogens is 237 g/mol. The molecule has 5 nitrogen and oxygen atoms in total. The van der Waals surface area contributed by atoms with Gasteiger partial charge in [-0.2, -0.15) is 4.39 Å². The van der Waals surface area contributed by atoms with Gasteiger partial charge in [-0.15, -0.1) is 0 Å². The molecule has 0 amide bonds. The lowest BCUT2D eigenvalue weighted by molar-refractivity contribution is -0.385. The van der Waals surface area contributed by atoms with Gasteiger partial charge in [-0.05, 0) is 12.1 Å². The Morgan fingerprint density at radius 2 is 2.06 bits per heavy atom. The van der Waals surface area contributed by atoms with Crippen LogP contribution in [0.15, 0.2) is 42.6 Å². The van der Waals surface area contributed by atoms with Crippen molar-refractivity contribution in [3.63, 3.8) is 0 Å². The zero-order valence-electron chi connectivity index (χ0n) is 9.34. The van der Waals surface area contributed by atoms with Gasteiger partial charge in [-0.1, -0.05) is 18.2 Å². The molecule has 1 aromatic heterocycles. The van der Waals surface area contributed by atoms with Gasteiger partial charge >= 0.3 is 0 Å². The number of benzene rings is 1. The van der Waals surface area contributed by atoms with Crippen molar-refractivity contribution in [2.24, 2.45) is 0 Å². The summed E-state index contributed by atoms with van der Waals surface area (Å²) < 4.78 is 12.6. The van der Waals surface area contributed by atoms with Crippen molar-refractivity contribution in [2.75, 3.05) is 5.32 Å². The Morgan fingerprint density at radius 1 is 1.28 bits per heavy atom. The van der Waals surface area contributed by atoms with Gasteiger partial charge in [0.15, 0.2) is 0 Å². The Labute approximate surface area is 102 Å². The summed E-state index contributed by atoms with van der Waals surface area (Å²) in [5, 5.41) is 13.7. The summed E-state index contributed by atoms with van der Waals surface area (Å²) in [6, 6.07) is 9.20. The van der Waals surface area contributed by atoms with E-state index >= 15 is 0 Å². The average molecular weight is 247 g/mol. The Balaban J connectivity index is 2.10. The largest absolute Gasteiger partial charge is 0.379 e. The van der Waals surface area contributed by atoms with Gasteiger partial charge in [0.1, 0.15) is 0 Å². The lowest BCUT2D eigenvalue weighted by Gasteiger charge is -2.06. The molecule has 0 radical (unpaired) electrons. The summed E-state index contributed by atoms with van der Waals surface area (Å²) in [4.78, 5) is 13.8. The highest BCUT2D eigenvalue weighted by molar-refractivity contribution is 5.45. The lowest BCUT2D eigenvalue weighted by Crippen LogP contribution is -2.03. The van der Waals surface area contributed by atoms with Crippen molar-refractivity contribution in [1.29, 1.82) is 0 Å². The lowest BCUT2D eigenvalue weighted by atomic mass is 10.2. The highest BCUT2D eigenvalue weighted by Gasteiger charge is 2.11. The summed E-state index contributed by atoms with van der Waals surface area (Å²) in [7, 11) is 0. The van der Waals surface area contributed by atoms with Crippen molar-refractivity contribution in [1.82, 2.24) is 4.98 Å². The van der Waals surface area contributed by atoms with E-state index in [2.05, 4.69) is 10.3 Å². The first-order valence-corrected chi connectivity index (χ1v) is 5.24. The Bertz CT molecular complexity index is 558. The first-order valence-electron chi connectivity index (χ1n) is 5.24. The van der Waals surface area contributed by atoms with Crippen LogP contribution in [0.4, 0.5) is 15.8 Å². The first-order chi connectivity index (χ1) is 8.66. The third-order valence-corrected chi connectivity index (χ3v) is 2.40. The van der Waals surface area contributed by atoms with Crippen LogP contribution < -0.4 is 5.32 Å². The van der Waals surface area contributed by atoms with Crippen molar-refractivity contribution in [3.8, 4) is 0 Å². The van der Waals surface area contributed by atoms with Gasteiger partial charge < -0.3 is 5.32 Å². The van der Waals surface area contributed by atoms with E-state index in [1.165, 1.54) is 24.4 Å². The molecule has 92 valence electrons. The maximum absolute atomic E-state index is 12.6. The smallest absolute Gasteiger partial charge is 0.274 e. The molecule has 0 saturated carbocycles. The molecule has 0 saturated heterocycles. The van der Waals surface area contributed by atoms with E-state index in [9.17, 15) is 14.5 Å². The van der Waals surface area contributed by atoms with Gasteiger partial charge in [0.2, 0.25) is 5.95 Å². The van der Waals surface area contributed by atoms with Crippen LogP contribution in [0.5, 0.6) is 0 Å². The van der Waals surface area contributed by atoms with Gasteiger partial charge in [-0.3, -0.25) is 10.1 Å². The molecule has 0 atom stereocenters. The second-order valence-corrected chi connectivity index (χ2v) is 3.61. The predicted molar refractivity (Wildman–Crippen MR) is 64.6 cm³/mol. The summed E-state index contributed by atoms with van der Waals surface area (Å²) in [6.45, 7) is 0.282. The standard InChI is InChI=1S/C12H10FN3O2/c13-12-6-5-10(8-15-12)14-7-9-3-1-2-4-11(9)16(17)18/h1-6,8,14H,7H2. The van der Waals surface area contributed by atoms with E-state index < -0.39 is 10.9 Å². The number of anilines is 1. The molecule has 1 heterocycles. The highest BCUT2D eigenvalue weighted by Crippen LogP contribution is 2.18. The van der Waals surface area contributed by atoms with E-state index in [0.717, 1.165) is 0 Å². The topological polar surface area (TPSA) is 68.1 Å². The summed E-state index contributed by atoms with van der Waals surface area (Å²) >= 11 is 0. The minimum atomic E-state index is -0.564. The SMILES string of the molecule is O=[N+]([O-])c1ccccc1CNc1ccc(F)nc1. The van der Waals surface area contributed by atoms with Crippen LogP contribution in [0.2, 0.25) is 0 Å². The molecule has 2 rings (SSSR count). The second kappa shape index (κ2) is 5.22. The van der Waals surface area contributed by atoms with E-state index in [-0.39, 0.29) is 12.2 Å². The highest BCUT2D eigenvalue weighted by atomic mass is 19.1. The number of halogens is 1. The number of nitro groups is 1. The third kappa shape index (κ3) is 2.79. The number of hydrogen-bond donors (Lipinski definition) is 1. The first kappa shape index (κ1) is 12.0. The third-order valence-electron chi connectivity index (χ3n) is 2.40. The van der Waals surface area contributed by atoms with Crippen LogP contribution in [0.25, 0.3) is 0 Å². The normalized spacial score (nSPS) is 10.1. The number of nitrogens with one attached hydrogen (secondary N) is 1. The van der Waals surface area contributed by atoms with Crippen molar-refractivity contribution < 1.29 is 9.31 Å². The maximum Gasteiger partial charge on any atom is 0.274 e. The molecule has 0 aliphatic carbocycles. The van der Waals surface area contributed by atoms with E-state index in [0.29, 0.717) is 11.3 Å². The van der Waals surface area contributed by atoms with Gasteiger partial charge in [0, 0.05) is 18.2 Å². The fourth-order valence-electron chi connectivity index (χ4n) is 1.52. The minimum Gasteiger partial charge on any atom is -0.379 e. The molecule has 0 fully saturated rings. The molecule has 0 spiro atoms. The fraction of sp³-hybridized carbons (Fsp3) is 0.0833. The summed E-state index contributed by atoms with van der Waals surface area (Å²) in [6.07, 6.45) is 1.34. The fourth-order valence-corrected chi connectivity index (χ4v) is 1.52. The van der Waals surface area contributed by atoms with E-state index in [1.54, 1.807) is 18.2 Å². The van der Waals surface area contributed by atoms with Crippen LogP contribution in [-0.4, -0.2) is 9.91 Å². The van der Waals surface area contributed by atoms with Gasteiger partial charge in [-0.25, -0.2) is 4.98 Å². The number of aromatic nitrogens is 1. The van der Waals surface area contributed by atoms with E-state index in [4.69, 9.17) is 0 Å². The Hall–Kier alpha value is -2.50. The second-order valence-electron chi connectivity index (χ2n) is 3.61. The molecule has 18 heavy (non-hydrogen) atoms. The predicted octanol–water partition coefficient (Wildman–Crippen LogP) is 2.74. The van der Waals surface area contributed by atoms with Crippen LogP contribution in [0, 0.1) is 16.1 Å². The Kier molecular flexibility index (Phi) is 3.47.